The maximum atomic E-state index is 13.3. The highest BCUT2D eigenvalue weighted by Gasteiger charge is 2.09. The summed E-state index contributed by atoms with van der Waals surface area (Å²) in [6.07, 6.45) is 7.54. The van der Waals surface area contributed by atoms with Crippen LogP contribution in [0, 0.1) is 22.6 Å². The first-order chi connectivity index (χ1) is 9.72. The molecule has 0 saturated heterocycles. The van der Waals surface area contributed by atoms with Crippen molar-refractivity contribution in [3.8, 4) is 17.5 Å². The lowest BCUT2D eigenvalue weighted by molar-refractivity contribution is 0.428. The lowest BCUT2D eigenvalue weighted by atomic mass is 10.1. The van der Waals surface area contributed by atoms with E-state index in [1.807, 2.05) is 6.07 Å². The van der Waals surface area contributed by atoms with Crippen LogP contribution in [0.25, 0.3) is 17.5 Å². The minimum absolute atomic E-state index is 0.136. The molecule has 0 bridgehead atoms. The zero-order valence-corrected chi connectivity index (χ0v) is 10.2. The van der Waals surface area contributed by atoms with Crippen molar-refractivity contribution in [2.75, 3.05) is 0 Å². The van der Waals surface area contributed by atoms with E-state index in [1.54, 1.807) is 18.2 Å². The van der Waals surface area contributed by atoms with E-state index in [1.165, 1.54) is 18.2 Å². The number of allylic oxidation sites excluding steroid dienone is 3. The Labute approximate surface area is 114 Å². The van der Waals surface area contributed by atoms with Gasteiger partial charge in [0.25, 0.3) is 5.89 Å². The molecule has 5 nitrogen and oxygen atoms in total. The summed E-state index contributed by atoms with van der Waals surface area (Å²) in [5.74, 6) is -0.0858. The van der Waals surface area contributed by atoms with E-state index >= 15 is 0 Å². The third-order valence-corrected chi connectivity index (χ3v) is 2.28. The van der Waals surface area contributed by atoms with Crippen molar-refractivity contribution >= 4 is 12.3 Å². The summed E-state index contributed by atoms with van der Waals surface area (Å²) < 4.78 is 18.3. The number of halogens is 1. The fraction of sp³-hybridized carbons (Fsp3) is 0. The topological polar surface area (TPSA) is 86.6 Å². The second kappa shape index (κ2) is 6.20. The molecule has 0 aliphatic carbocycles. The van der Waals surface area contributed by atoms with Gasteiger partial charge in [0.15, 0.2) is 5.82 Å². The van der Waals surface area contributed by atoms with Crippen LogP contribution in [-0.4, -0.2) is 16.4 Å². The van der Waals surface area contributed by atoms with Crippen LogP contribution in [0.4, 0.5) is 4.39 Å². The van der Waals surface area contributed by atoms with Crippen LogP contribution in [-0.2, 0) is 0 Å². The van der Waals surface area contributed by atoms with Crippen molar-refractivity contribution in [1.29, 1.82) is 10.7 Å². The third-order valence-electron chi connectivity index (χ3n) is 2.28. The summed E-state index contributed by atoms with van der Waals surface area (Å²) in [6.45, 7) is 0. The van der Waals surface area contributed by atoms with Gasteiger partial charge in [-0.2, -0.15) is 10.2 Å². The summed E-state index contributed by atoms with van der Waals surface area (Å²) in [5, 5.41) is 19.3. The van der Waals surface area contributed by atoms with Gasteiger partial charge in [-0.1, -0.05) is 17.3 Å². The van der Waals surface area contributed by atoms with Crippen LogP contribution < -0.4 is 0 Å². The number of hydrogen-bond acceptors (Lipinski definition) is 5. The predicted molar refractivity (Wildman–Crippen MR) is 71.4 cm³/mol. The van der Waals surface area contributed by atoms with Gasteiger partial charge in [0, 0.05) is 11.8 Å². The van der Waals surface area contributed by atoms with Gasteiger partial charge in [-0.3, -0.25) is 0 Å². The van der Waals surface area contributed by atoms with Gasteiger partial charge >= 0.3 is 0 Å². The minimum Gasteiger partial charge on any atom is -0.334 e. The predicted octanol–water partition coefficient (Wildman–Crippen LogP) is 2.97. The molecule has 98 valence electrons. The highest BCUT2D eigenvalue weighted by Crippen LogP contribution is 2.20. The smallest absolute Gasteiger partial charge is 0.258 e. The number of nitrogens with one attached hydrogen (secondary N) is 1. The molecule has 2 aromatic rings. The summed E-state index contributed by atoms with van der Waals surface area (Å²) in [6, 6.07) is 5.68. The molecule has 0 spiro atoms. The standard InChI is InChI=1S/C14H9FN4O/c15-12-7-10(9-17)6-11(8-12)14-18-13(19-20-14)4-2-1-3-5-16/h1-8,16H/b3-1-,4-2+,16-5?. The number of hydrogen-bond donors (Lipinski definition) is 1. The summed E-state index contributed by atoms with van der Waals surface area (Å²) in [5.41, 5.74) is 0.535. The van der Waals surface area contributed by atoms with Crippen LogP contribution in [0.3, 0.4) is 0 Å². The third kappa shape index (κ3) is 3.23. The van der Waals surface area contributed by atoms with E-state index in [0.29, 0.717) is 11.4 Å². The molecule has 20 heavy (non-hydrogen) atoms. The molecule has 0 radical (unpaired) electrons. The second-order valence-electron chi connectivity index (χ2n) is 3.71. The molecule has 0 aliphatic heterocycles. The zero-order valence-electron chi connectivity index (χ0n) is 10.2. The molecule has 0 fully saturated rings. The van der Waals surface area contributed by atoms with Gasteiger partial charge in [0.05, 0.1) is 11.6 Å². The summed E-state index contributed by atoms with van der Waals surface area (Å²) in [7, 11) is 0. The maximum absolute atomic E-state index is 13.3. The molecule has 2 rings (SSSR count). The molecule has 1 N–H and O–H groups in total. The van der Waals surface area contributed by atoms with Crippen LogP contribution in [0.2, 0.25) is 0 Å². The normalized spacial score (nSPS) is 11.0. The average Bonchev–Trinajstić information content (AvgIpc) is 2.92. The molecule has 0 saturated carbocycles. The monoisotopic (exact) mass is 268 g/mol. The first-order valence-electron chi connectivity index (χ1n) is 5.61. The molecular formula is C14H9FN4O. The molecule has 0 aliphatic rings. The lowest BCUT2D eigenvalue weighted by Gasteiger charge is -1.95. The molecule has 0 atom stereocenters. The Hall–Kier alpha value is -3.07. The first kappa shape index (κ1) is 13.4. The Kier molecular flexibility index (Phi) is 4.14. The Morgan fingerprint density at radius 1 is 1.25 bits per heavy atom. The van der Waals surface area contributed by atoms with Crippen LogP contribution in [0.15, 0.2) is 41.0 Å². The van der Waals surface area contributed by atoms with Gasteiger partial charge < -0.3 is 9.93 Å². The molecule has 0 amide bonds. The lowest BCUT2D eigenvalue weighted by Crippen LogP contribution is -1.84. The fourth-order valence-corrected chi connectivity index (χ4v) is 1.46. The van der Waals surface area contributed by atoms with Crippen molar-refractivity contribution in [3.63, 3.8) is 0 Å². The number of aromatic nitrogens is 2. The first-order valence-corrected chi connectivity index (χ1v) is 5.61. The van der Waals surface area contributed by atoms with Crippen LogP contribution in [0.5, 0.6) is 0 Å². The Balaban J connectivity index is 2.27. The van der Waals surface area contributed by atoms with Gasteiger partial charge in [-0.25, -0.2) is 4.39 Å². The maximum Gasteiger partial charge on any atom is 0.258 e. The molecule has 1 aromatic carbocycles. The summed E-state index contributed by atoms with van der Waals surface area (Å²) >= 11 is 0. The Bertz CT molecular complexity index is 725. The van der Waals surface area contributed by atoms with Gasteiger partial charge in [0.2, 0.25) is 0 Å². The number of rotatable bonds is 4. The van der Waals surface area contributed by atoms with Crippen molar-refractivity contribution in [1.82, 2.24) is 10.1 Å². The number of nitrogens with zero attached hydrogens (tertiary/aromatic N) is 3. The molecule has 1 heterocycles. The van der Waals surface area contributed by atoms with Crippen molar-refractivity contribution in [2.45, 2.75) is 0 Å². The number of nitriles is 1. The molecule has 6 heteroatoms. The summed E-state index contributed by atoms with van der Waals surface area (Å²) in [4.78, 5) is 4.06. The Morgan fingerprint density at radius 3 is 2.85 bits per heavy atom. The number of benzene rings is 1. The Morgan fingerprint density at radius 2 is 2.10 bits per heavy atom. The van der Waals surface area contributed by atoms with Gasteiger partial charge in [-0.05, 0) is 30.4 Å². The van der Waals surface area contributed by atoms with Crippen molar-refractivity contribution in [2.24, 2.45) is 0 Å². The second-order valence-corrected chi connectivity index (χ2v) is 3.71. The van der Waals surface area contributed by atoms with E-state index in [4.69, 9.17) is 15.2 Å². The minimum atomic E-state index is -0.539. The van der Waals surface area contributed by atoms with E-state index in [9.17, 15) is 4.39 Å². The highest BCUT2D eigenvalue weighted by atomic mass is 19.1. The van der Waals surface area contributed by atoms with Gasteiger partial charge in [0.1, 0.15) is 5.82 Å². The van der Waals surface area contributed by atoms with Crippen LogP contribution in [0.1, 0.15) is 11.4 Å². The molecule has 0 unspecified atom stereocenters. The fourth-order valence-electron chi connectivity index (χ4n) is 1.46. The van der Waals surface area contributed by atoms with Crippen molar-refractivity contribution in [3.05, 3.63) is 53.6 Å². The average molecular weight is 268 g/mol. The highest BCUT2D eigenvalue weighted by molar-refractivity contribution is 5.68. The van der Waals surface area contributed by atoms with E-state index in [-0.39, 0.29) is 11.5 Å². The SMILES string of the molecule is N#Cc1cc(F)cc(-c2nc(/C=C/C=C\C=N)no2)c1. The van der Waals surface area contributed by atoms with Gasteiger partial charge in [-0.15, -0.1) is 0 Å². The van der Waals surface area contributed by atoms with Crippen molar-refractivity contribution < 1.29 is 8.91 Å². The van der Waals surface area contributed by atoms with E-state index in [2.05, 4.69) is 10.1 Å². The van der Waals surface area contributed by atoms with Crippen LogP contribution >= 0.6 is 0 Å². The van der Waals surface area contributed by atoms with E-state index < -0.39 is 5.82 Å². The molecular weight excluding hydrogens is 259 g/mol. The molecule has 1 aromatic heterocycles. The largest absolute Gasteiger partial charge is 0.334 e. The van der Waals surface area contributed by atoms with E-state index in [0.717, 1.165) is 12.3 Å². The zero-order chi connectivity index (χ0) is 14.4. The quantitative estimate of drug-likeness (QED) is 0.682.